The van der Waals surface area contributed by atoms with E-state index >= 15 is 0 Å². The fraction of sp³-hybridized carbons (Fsp3) is 0.190. The molecule has 0 unspecified atom stereocenters. The van der Waals surface area contributed by atoms with Crippen LogP contribution in [0.15, 0.2) is 53.9 Å². The highest BCUT2D eigenvalue weighted by Gasteiger charge is 2.14. The molecule has 0 fully saturated rings. The van der Waals surface area contributed by atoms with Crippen LogP contribution in [0.1, 0.15) is 17.8 Å². The van der Waals surface area contributed by atoms with Crippen molar-refractivity contribution in [1.29, 1.82) is 0 Å². The van der Waals surface area contributed by atoms with Crippen LogP contribution in [0.25, 0.3) is 21.5 Å². The van der Waals surface area contributed by atoms with E-state index < -0.39 is 6.61 Å². The van der Waals surface area contributed by atoms with Crippen molar-refractivity contribution in [2.75, 3.05) is 5.32 Å². The number of carbonyl (C=O) groups excluding carboxylic acids is 1. The molecule has 4 rings (SSSR count). The van der Waals surface area contributed by atoms with E-state index in [4.69, 9.17) is 0 Å². The van der Waals surface area contributed by atoms with Crippen molar-refractivity contribution < 1.29 is 18.3 Å². The molecule has 0 saturated heterocycles. The number of alkyl halides is 2. The van der Waals surface area contributed by atoms with E-state index in [-0.39, 0.29) is 11.7 Å². The van der Waals surface area contributed by atoms with Crippen molar-refractivity contribution in [3.63, 3.8) is 0 Å². The lowest BCUT2D eigenvalue weighted by Crippen LogP contribution is -2.11. The SMILES string of the molecule is O=C(CCCc1nc2ccccc2s1)Nc1nc(-c2ccccc2OC(F)F)cs1. The summed E-state index contributed by atoms with van der Waals surface area (Å²) in [6, 6.07) is 14.4. The standard InChI is InChI=1S/C21H17F2N3O2S2/c22-20(23)28-16-8-3-1-6-13(16)15-12-29-21(25-15)26-18(27)10-5-11-19-24-14-7-2-4-9-17(14)30-19/h1-4,6-9,12,20H,5,10-11H2,(H,25,26,27). The minimum atomic E-state index is -2.92. The maximum Gasteiger partial charge on any atom is 0.387 e. The first-order valence-electron chi connectivity index (χ1n) is 9.22. The van der Waals surface area contributed by atoms with Gasteiger partial charge in [-0.15, -0.1) is 22.7 Å². The third-order valence-corrected chi connectivity index (χ3v) is 6.12. The molecule has 0 spiro atoms. The number of rotatable bonds is 8. The summed E-state index contributed by atoms with van der Waals surface area (Å²) in [7, 11) is 0. The maximum absolute atomic E-state index is 12.6. The molecular formula is C21H17F2N3O2S2. The van der Waals surface area contributed by atoms with Gasteiger partial charge in [-0.25, -0.2) is 9.97 Å². The number of benzene rings is 2. The average Bonchev–Trinajstić information content (AvgIpc) is 3.34. The quantitative estimate of drug-likeness (QED) is 0.362. The fourth-order valence-electron chi connectivity index (χ4n) is 2.94. The van der Waals surface area contributed by atoms with Crippen LogP contribution in [0.2, 0.25) is 0 Å². The van der Waals surface area contributed by atoms with E-state index in [0.717, 1.165) is 21.6 Å². The normalized spacial score (nSPS) is 11.2. The number of aromatic nitrogens is 2. The van der Waals surface area contributed by atoms with Crippen molar-refractivity contribution >= 4 is 43.9 Å². The molecule has 2 aromatic heterocycles. The smallest absolute Gasteiger partial charge is 0.387 e. The van der Waals surface area contributed by atoms with E-state index in [0.29, 0.717) is 29.2 Å². The second-order valence-electron chi connectivity index (χ2n) is 6.39. The summed E-state index contributed by atoms with van der Waals surface area (Å²) in [4.78, 5) is 21.2. The average molecular weight is 446 g/mol. The first-order valence-corrected chi connectivity index (χ1v) is 10.9. The number of carbonyl (C=O) groups is 1. The molecule has 0 atom stereocenters. The van der Waals surface area contributed by atoms with Crippen LogP contribution in [0, 0.1) is 0 Å². The molecule has 0 aliphatic heterocycles. The number of aryl methyl sites for hydroxylation is 1. The summed E-state index contributed by atoms with van der Waals surface area (Å²) in [5, 5.41) is 5.90. The van der Waals surface area contributed by atoms with Gasteiger partial charge in [-0.05, 0) is 37.1 Å². The van der Waals surface area contributed by atoms with Gasteiger partial charge in [0.2, 0.25) is 5.91 Å². The number of fused-ring (bicyclic) bond motifs is 1. The highest BCUT2D eigenvalue weighted by atomic mass is 32.1. The van der Waals surface area contributed by atoms with Crippen LogP contribution in [0.3, 0.4) is 0 Å². The van der Waals surface area contributed by atoms with Gasteiger partial charge in [-0.1, -0.05) is 24.3 Å². The van der Waals surface area contributed by atoms with Crippen molar-refractivity contribution in [2.45, 2.75) is 25.9 Å². The van der Waals surface area contributed by atoms with Crippen molar-refractivity contribution in [1.82, 2.24) is 9.97 Å². The number of nitrogens with zero attached hydrogens (tertiary/aromatic N) is 2. The molecule has 0 bridgehead atoms. The lowest BCUT2D eigenvalue weighted by atomic mass is 10.1. The van der Waals surface area contributed by atoms with Crippen molar-refractivity contribution in [3.8, 4) is 17.0 Å². The molecule has 5 nitrogen and oxygen atoms in total. The molecule has 0 saturated carbocycles. The molecule has 1 N–H and O–H groups in total. The second kappa shape index (κ2) is 9.27. The molecule has 0 aliphatic carbocycles. The molecule has 1 amide bonds. The monoisotopic (exact) mass is 445 g/mol. The zero-order valence-corrected chi connectivity index (χ0v) is 17.3. The number of halogens is 2. The van der Waals surface area contributed by atoms with E-state index in [1.54, 1.807) is 34.9 Å². The van der Waals surface area contributed by atoms with Gasteiger partial charge >= 0.3 is 6.61 Å². The van der Waals surface area contributed by atoms with E-state index in [1.807, 2.05) is 24.3 Å². The van der Waals surface area contributed by atoms with E-state index in [9.17, 15) is 13.6 Å². The van der Waals surface area contributed by atoms with Gasteiger partial charge in [0.05, 0.1) is 20.9 Å². The van der Waals surface area contributed by atoms with Crippen LogP contribution in [-0.2, 0) is 11.2 Å². The van der Waals surface area contributed by atoms with Crippen LogP contribution in [0.4, 0.5) is 13.9 Å². The summed E-state index contributed by atoms with van der Waals surface area (Å²) in [6.07, 6.45) is 1.75. The number of para-hydroxylation sites is 2. The summed E-state index contributed by atoms with van der Waals surface area (Å²) in [5.74, 6) is -0.0966. The fourth-order valence-corrected chi connectivity index (χ4v) is 4.68. The van der Waals surface area contributed by atoms with Gasteiger partial charge in [0.25, 0.3) is 0 Å². The molecule has 154 valence electrons. The molecule has 2 heterocycles. The molecule has 30 heavy (non-hydrogen) atoms. The number of anilines is 1. The maximum atomic E-state index is 12.6. The highest BCUT2D eigenvalue weighted by molar-refractivity contribution is 7.18. The molecule has 4 aromatic rings. The molecule has 2 aromatic carbocycles. The Kier molecular flexibility index (Phi) is 6.29. The largest absolute Gasteiger partial charge is 0.434 e. The minimum absolute atomic E-state index is 0.0477. The predicted octanol–water partition coefficient (Wildman–Crippen LogP) is 5.98. The Bertz CT molecular complexity index is 1130. The number of nitrogens with one attached hydrogen (secondary N) is 1. The number of thiazole rings is 2. The van der Waals surface area contributed by atoms with Gasteiger partial charge in [0.15, 0.2) is 5.13 Å². The van der Waals surface area contributed by atoms with Crippen LogP contribution in [0.5, 0.6) is 5.75 Å². The van der Waals surface area contributed by atoms with Gasteiger partial charge in [-0.2, -0.15) is 8.78 Å². The van der Waals surface area contributed by atoms with Gasteiger partial charge in [-0.3, -0.25) is 4.79 Å². The zero-order chi connectivity index (χ0) is 20.9. The molecular weight excluding hydrogens is 428 g/mol. The van der Waals surface area contributed by atoms with Gasteiger partial charge in [0.1, 0.15) is 5.75 Å². The topological polar surface area (TPSA) is 64.1 Å². The minimum Gasteiger partial charge on any atom is -0.434 e. The number of ether oxygens (including phenoxy) is 1. The van der Waals surface area contributed by atoms with Crippen LogP contribution in [-0.4, -0.2) is 22.5 Å². The third-order valence-electron chi connectivity index (χ3n) is 4.26. The number of hydrogen-bond donors (Lipinski definition) is 1. The zero-order valence-electron chi connectivity index (χ0n) is 15.7. The molecule has 0 radical (unpaired) electrons. The van der Waals surface area contributed by atoms with Crippen LogP contribution < -0.4 is 10.1 Å². The molecule has 9 heteroatoms. The first kappa shape index (κ1) is 20.4. The van der Waals surface area contributed by atoms with Crippen LogP contribution >= 0.6 is 22.7 Å². The van der Waals surface area contributed by atoms with Gasteiger partial charge in [0, 0.05) is 17.4 Å². The number of hydrogen-bond acceptors (Lipinski definition) is 6. The Morgan fingerprint density at radius 2 is 1.90 bits per heavy atom. The summed E-state index contributed by atoms with van der Waals surface area (Å²) < 4.78 is 30.9. The Labute approximate surface area is 179 Å². The summed E-state index contributed by atoms with van der Waals surface area (Å²) >= 11 is 2.88. The first-order chi connectivity index (χ1) is 14.6. The lowest BCUT2D eigenvalue weighted by Gasteiger charge is -2.08. The highest BCUT2D eigenvalue weighted by Crippen LogP contribution is 2.33. The Hall–Kier alpha value is -2.91. The Morgan fingerprint density at radius 3 is 2.73 bits per heavy atom. The Morgan fingerprint density at radius 1 is 1.10 bits per heavy atom. The molecule has 0 aliphatic rings. The summed E-state index contributed by atoms with van der Waals surface area (Å²) in [5.41, 5.74) is 1.90. The van der Waals surface area contributed by atoms with E-state index in [2.05, 4.69) is 20.0 Å². The third kappa shape index (κ3) is 4.98. The lowest BCUT2D eigenvalue weighted by molar-refractivity contribution is -0.116. The van der Waals surface area contributed by atoms with E-state index in [1.165, 1.54) is 17.4 Å². The predicted molar refractivity (Wildman–Crippen MR) is 115 cm³/mol. The van der Waals surface area contributed by atoms with Crippen molar-refractivity contribution in [3.05, 3.63) is 58.9 Å². The number of amides is 1. The van der Waals surface area contributed by atoms with Crippen molar-refractivity contribution in [2.24, 2.45) is 0 Å². The Balaban J connectivity index is 1.33. The second-order valence-corrected chi connectivity index (χ2v) is 8.36. The van der Waals surface area contributed by atoms with Gasteiger partial charge < -0.3 is 10.1 Å². The summed E-state index contributed by atoms with van der Waals surface area (Å²) in [6.45, 7) is -2.92.